The zero-order valence-corrected chi connectivity index (χ0v) is 18.8. The lowest BCUT2D eigenvalue weighted by molar-refractivity contribution is 0.301. The third-order valence-electron chi connectivity index (χ3n) is 6.87. The highest BCUT2D eigenvalue weighted by atomic mass is 14.7. The van der Waals surface area contributed by atoms with Gasteiger partial charge in [-0.15, -0.1) is 0 Å². The molecule has 0 N–H and O–H groups in total. The Kier molecular flexibility index (Phi) is 9.25. The number of rotatable bonds is 11. The smallest absolute Gasteiger partial charge is 0.0434 e. The van der Waals surface area contributed by atoms with E-state index in [1.807, 2.05) is 0 Å². The van der Waals surface area contributed by atoms with Crippen LogP contribution >= 0.6 is 0 Å². The molecule has 0 spiro atoms. The molecule has 1 aromatic carbocycles. The standard InChI is InChI=1S/C28H41N/c1-3-5-7-8-9-11-24-12-16-25(17-13-24)27-20-21-28(29-22-27)26-18-14-23(15-19-26)10-6-4-2/h12-13,16-17,20-23,26H,3-11,14-15,18-19H2,1-2H3. The van der Waals surface area contributed by atoms with E-state index in [1.54, 1.807) is 0 Å². The van der Waals surface area contributed by atoms with E-state index >= 15 is 0 Å². The van der Waals surface area contributed by atoms with Gasteiger partial charge in [0.2, 0.25) is 0 Å². The molecule has 0 saturated heterocycles. The highest BCUT2D eigenvalue weighted by Crippen LogP contribution is 2.37. The predicted molar refractivity (Wildman–Crippen MR) is 126 cm³/mol. The van der Waals surface area contributed by atoms with E-state index in [4.69, 9.17) is 4.98 Å². The molecule has 3 rings (SSSR count). The molecule has 29 heavy (non-hydrogen) atoms. The maximum absolute atomic E-state index is 4.87. The summed E-state index contributed by atoms with van der Waals surface area (Å²) in [6, 6.07) is 13.7. The van der Waals surface area contributed by atoms with Crippen LogP contribution in [0.2, 0.25) is 0 Å². The summed E-state index contributed by atoms with van der Waals surface area (Å²) in [5, 5.41) is 0. The van der Waals surface area contributed by atoms with E-state index in [-0.39, 0.29) is 0 Å². The lowest BCUT2D eigenvalue weighted by Gasteiger charge is -2.28. The fourth-order valence-electron chi connectivity index (χ4n) is 4.85. The van der Waals surface area contributed by atoms with Crippen molar-refractivity contribution in [1.82, 2.24) is 4.98 Å². The first-order valence-electron chi connectivity index (χ1n) is 12.4. The van der Waals surface area contributed by atoms with Gasteiger partial charge >= 0.3 is 0 Å². The van der Waals surface area contributed by atoms with Crippen LogP contribution in [-0.2, 0) is 6.42 Å². The SMILES string of the molecule is CCCCCCCc1ccc(-c2ccc(C3CCC(CCCC)CC3)nc2)cc1. The van der Waals surface area contributed by atoms with Crippen LogP contribution in [0.25, 0.3) is 11.1 Å². The Labute approximate surface area is 179 Å². The number of pyridine rings is 1. The third kappa shape index (κ3) is 6.98. The molecule has 1 saturated carbocycles. The van der Waals surface area contributed by atoms with Gasteiger partial charge in [-0.3, -0.25) is 4.98 Å². The minimum absolute atomic E-state index is 0.678. The first-order valence-corrected chi connectivity index (χ1v) is 12.4. The Hall–Kier alpha value is -1.63. The van der Waals surface area contributed by atoms with Gasteiger partial charge in [0.1, 0.15) is 0 Å². The number of benzene rings is 1. The Balaban J connectivity index is 1.48. The summed E-state index contributed by atoms with van der Waals surface area (Å²) in [5.74, 6) is 1.65. The van der Waals surface area contributed by atoms with Gasteiger partial charge in [0.15, 0.2) is 0 Å². The number of nitrogens with zero attached hydrogens (tertiary/aromatic N) is 1. The van der Waals surface area contributed by atoms with Crippen LogP contribution in [0.3, 0.4) is 0 Å². The second kappa shape index (κ2) is 12.2. The molecular weight excluding hydrogens is 350 g/mol. The maximum Gasteiger partial charge on any atom is 0.0434 e. The van der Waals surface area contributed by atoms with Gasteiger partial charge in [0, 0.05) is 23.4 Å². The van der Waals surface area contributed by atoms with E-state index in [2.05, 4.69) is 56.4 Å². The summed E-state index contributed by atoms with van der Waals surface area (Å²) in [4.78, 5) is 4.87. The molecule has 0 unspecified atom stereocenters. The normalized spacial score (nSPS) is 19.4. The van der Waals surface area contributed by atoms with Gasteiger partial charge in [-0.2, -0.15) is 0 Å². The fraction of sp³-hybridized carbons (Fsp3) is 0.607. The van der Waals surface area contributed by atoms with Gasteiger partial charge in [0.05, 0.1) is 0 Å². The lowest BCUT2D eigenvalue weighted by Crippen LogP contribution is -2.14. The molecule has 0 amide bonds. The van der Waals surface area contributed by atoms with Crippen molar-refractivity contribution in [2.24, 2.45) is 5.92 Å². The van der Waals surface area contributed by atoms with Crippen molar-refractivity contribution in [3.05, 3.63) is 53.9 Å². The summed E-state index contributed by atoms with van der Waals surface area (Å²) in [7, 11) is 0. The van der Waals surface area contributed by atoms with Gasteiger partial charge < -0.3 is 0 Å². The molecule has 0 aliphatic heterocycles. The van der Waals surface area contributed by atoms with Crippen LogP contribution in [0, 0.1) is 5.92 Å². The molecular formula is C28H41N. The van der Waals surface area contributed by atoms with E-state index in [0.717, 1.165) is 5.92 Å². The first kappa shape index (κ1) is 22.1. The topological polar surface area (TPSA) is 12.9 Å². The molecule has 1 aromatic heterocycles. The molecule has 2 aromatic rings. The maximum atomic E-state index is 4.87. The Bertz CT molecular complexity index is 677. The summed E-state index contributed by atoms with van der Waals surface area (Å²) in [6.07, 6.45) is 19.7. The van der Waals surface area contributed by atoms with Crippen molar-refractivity contribution >= 4 is 0 Å². The summed E-state index contributed by atoms with van der Waals surface area (Å²) in [5.41, 5.74) is 5.32. The summed E-state index contributed by atoms with van der Waals surface area (Å²) >= 11 is 0. The van der Waals surface area contributed by atoms with Crippen LogP contribution < -0.4 is 0 Å². The Morgan fingerprint density at radius 3 is 2.07 bits per heavy atom. The summed E-state index contributed by atoms with van der Waals surface area (Å²) in [6.45, 7) is 4.58. The number of unbranched alkanes of at least 4 members (excludes halogenated alkanes) is 5. The van der Waals surface area contributed by atoms with Crippen LogP contribution in [0.15, 0.2) is 42.6 Å². The number of aromatic nitrogens is 1. The van der Waals surface area contributed by atoms with Crippen molar-refractivity contribution in [3.63, 3.8) is 0 Å². The van der Waals surface area contributed by atoms with E-state index in [9.17, 15) is 0 Å². The second-order valence-electron chi connectivity index (χ2n) is 9.19. The molecule has 1 aliphatic carbocycles. The molecule has 1 aliphatic rings. The number of hydrogen-bond donors (Lipinski definition) is 0. The summed E-state index contributed by atoms with van der Waals surface area (Å²) < 4.78 is 0. The van der Waals surface area contributed by atoms with Crippen molar-refractivity contribution in [1.29, 1.82) is 0 Å². The van der Waals surface area contributed by atoms with Crippen molar-refractivity contribution < 1.29 is 0 Å². The quantitative estimate of drug-likeness (QED) is 0.349. The van der Waals surface area contributed by atoms with Crippen molar-refractivity contribution in [3.8, 4) is 11.1 Å². The van der Waals surface area contributed by atoms with Gasteiger partial charge in [-0.05, 0) is 61.6 Å². The average molecular weight is 392 g/mol. The van der Waals surface area contributed by atoms with E-state index < -0.39 is 0 Å². The lowest BCUT2D eigenvalue weighted by atomic mass is 9.78. The highest BCUT2D eigenvalue weighted by molar-refractivity contribution is 5.62. The largest absolute Gasteiger partial charge is 0.260 e. The van der Waals surface area contributed by atoms with Crippen molar-refractivity contribution in [2.75, 3.05) is 0 Å². The van der Waals surface area contributed by atoms with Gasteiger partial charge in [-0.25, -0.2) is 0 Å². The van der Waals surface area contributed by atoms with Crippen LogP contribution in [0.5, 0.6) is 0 Å². The minimum atomic E-state index is 0.678. The molecule has 0 radical (unpaired) electrons. The van der Waals surface area contributed by atoms with Crippen LogP contribution in [-0.4, -0.2) is 4.98 Å². The molecule has 0 bridgehead atoms. The minimum Gasteiger partial charge on any atom is -0.260 e. The van der Waals surface area contributed by atoms with E-state index in [1.165, 1.54) is 106 Å². The van der Waals surface area contributed by atoms with Crippen LogP contribution in [0.1, 0.15) is 108 Å². The average Bonchev–Trinajstić information content (AvgIpc) is 2.78. The number of aryl methyl sites for hydroxylation is 1. The molecule has 1 fully saturated rings. The molecule has 158 valence electrons. The van der Waals surface area contributed by atoms with Gasteiger partial charge in [0.25, 0.3) is 0 Å². The van der Waals surface area contributed by atoms with Crippen LogP contribution in [0.4, 0.5) is 0 Å². The highest BCUT2D eigenvalue weighted by Gasteiger charge is 2.22. The molecule has 1 heteroatoms. The first-order chi connectivity index (χ1) is 14.3. The Morgan fingerprint density at radius 1 is 0.724 bits per heavy atom. The predicted octanol–water partition coefficient (Wildman–Crippen LogP) is 8.73. The second-order valence-corrected chi connectivity index (χ2v) is 9.19. The Morgan fingerprint density at radius 2 is 1.41 bits per heavy atom. The van der Waals surface area contributed by atoms with Crippen molar-refractivity contribution in [2.45, 2.75) is 103 Å². The third-order valence-corrected chi connectivity index (χ3v) is 6.87. The van der Waals surface area contributed by atoms with E-state index in [0.29, 0.717) is 5.92 Å². The molecule has 1 heterocycles. The monoisotopic (exact) mass is 391 g/mol. The molecule has 0 atom stereocenters. The molecule has 1 nitrogen and oxygen atoms in total. The van der Waals surface area contributed by atoms with Gasteiger partial charge in [-0.1, -0.05) is 89.1 Å². The zero-order valence-electron chi connectivity index (χ0n) is 18.8. The number of hydrogen-bond acceptors (Lipinski definition) is 1. The zero-order chi connectivity index (χ0) is 20.3. The fourth-order valence-corrected chi connectivity index (χ4v) is 4.85.